The molecule has 0 aliphatic heterocycles. The molecule has 2 aromatic rings. The molecule has 0 radical (unpaired) electrons. The summed E-state index contributed by atoms with van der Waals surface area (Å²) in [6.07, 6.45) is 0. The van der Waals surface area contributed by atoms with E-state index in [4.69, 9.17) is 5.26 Å². The molecule has 0 aliphatic rings. The lowest BCUT2D eigenvalue weighted by Gasteiger charge is -2.04. The van der Waals surface area contributed by atoms with Crippen molar-refractivity contribution in [1.82, 2.24) is 10.2 Å². The predicted octanol–water partition coefficient (Wildman–Crippen LogP) is 2.54. The molecule has 0 saturated heterocycles. The molecule has 0 spiro atoms. The van der Waals surface area contributed by atoms with E-state index in [2.05, 4.69) is 10.2 Å². The van der Waals surface area contributed by atoms with Crippen LogP contribution in [0.5, 0.6) is 0 Å². The molecule has 20 heavy (non-hydrogen) atoms. The molecule has 1 heterocycles. The van der Waals surface area contributed by atoms with Crippen LogP contribution in [0.25, 0.3) is 0 Å². The fourth-order valence-corrected chi connectivity index (χ4v) is 3.11. The molecule has 0 atom stereocenters. The summed E-state index contributed by atoms with van der Waals surface area (Å²) in [4.78, 5) is 12.6. The lowest BCUT2D eigenvalue weighted by atomic mass is 10.2. The molecular weight excluding hydrogens is 298 g/mol. The smallest absolute Gasteiger partial charge is 0.270 e. The van der Waals surface area contributed by atoms with E-state index >= 15 is 0 Å². The number of hydrogen-bond donors (Lipinski definition) is 0. The van der Waals surface area contributed by atoms with Crippen molar-refractivity contribution < 1.29 is 4.92 Å². The molecule has 0 amide bonds. The Morgan fingerprint density at radius 3 is 2.75 bits per heavy atom. The van der Waals surface area contributed by atoms with E-state index in [-0.39, 0.29) is 11.3 Å². The average Bonchev–Trinajstić information content (AvgIpc) is 2.87. The van der Waals surface area contributed by atoms with Crippen molar-refractivity contribution in [2.75, 3.05) is 19.0 Å². The van der Waals surface area contributed by atoms with E-state index in [9.17, 15) is 10.1 Å². The van der Waals surface area contributed by atoms with E-state index < -0.39 is 4.92 Å². The molecule has 102 valence electrons. The van der Waals surface area contributed by atoms with Crippen LogP contribution in [0, 0.1) is 21.4 Å². The summed E-state index contributed by atoms with van der Waals surface area (Å²) in [7, 11) is 3.73. The third kappa shape index (κ3) is 3.04. The van der Waals surface area contributed by atoms with E-state index in [1.165, 1.54) is 35.2 Å². The van der Waals surface area contributed by atoms with Crippen molar-refractivity contribution in [3.8, 4) is 6.07 Å². The molecule has 0 N–H and O–H groups in total. The average molecular weight is 307 g/mol. The van der Waals surface area contributed by atoms with E-state index in [0.29, 0.717) is 9.24 Å². The minimum Gasteiger partial charge on any atom is -0.353 e. The normalized spacial score (nSPS) is 10.1. The van der Waals surface area contributed by atoms with Gasteiger partial charge in [-0.15, -0.1) is 10.2 Å². The van der Waals surface area contributed by atoms with Gasteiger partial charge in [0, 0.05) is 31.1 Å². The largest absolute Gasteiger partial charge is 0.353 e. The van der Waals surface area contributed by atoms with Crippen molar-refractivity contribution in [3.05, 3.63) is 33.9 Å². The van der Waals surface area contributed by atoms with Crippen LogP contribution >= 0.6 is 23.1 Å². The Kier molecular flexibility index (Phi) is 4.16. The summed E-state index contributed by atoms with van der Waals surface area (Å²) in [5.74, 6) is 0. The second-order valence-corrected chi connectivity index (χ2v) is 6.14. The van der Waals surface area contributed by atoms with Gasteiger partial charge in [0.2, 0.25) is 5.13 Å². The highest BCUT2D eigenvalue weighted by Gasteiger charge is 2.14. The maximum atomic E-state index is 10.7. The molecule has 0 unspecified atom stereocenters. The molecular formula is C11H9N5O2S2. The number of non-ortho nitro benzene ring substituents is 1. The number of anilines is 1. The molecule has 0 fully saturated rings. The third-order valence-electron chi connectivity index (χ3n) is 2.27. The van der Waals surface area contributed by atoms with Gasteiger partial charge in [-0.05, 0) is 6.07 Å². The fourth-order valence-electron chi connectivity index (χ4n) is 1.33. The number of nitro groups is 1. The van der Waals surface area contributed by atoms with E-state index in [1.54, 1.807) is 6.07 Å². The first-order valence-electron chi connectivity index (χ1n) is 5.38. The van der Waals surface area contributed by atoms with Crippen LogP contribution in [0.1, 0.15) is 5.56 Å². The summed E-state index contributed by atoms with van der Waals surface area (Å²) < 4.78 is 0.680. The minimum atomic E-state index is -0.523. The van der Waals surface area contributed by atoms with Gasteiger partial charge in [0.15, 0.2) is 4.34 Å². The van der Waals surface area contributed by atoms with E-state index in [1.807, 2.05) is 25.1 Å². The predicted molar refractivity (Wildman–Crippen MR) is 76.2 cm³/mol. The van der Waals surface area contributed by atoms with Gasteiger partial charge in [-0.2, -0.15) is 5.26 Å². The Hall–Kier alpha value is -2.18. The number of nitrogens with zero attached hydrogens (tertiary/aromatic N) is 5. The number of hydrogen-bond acceptors (Lipinski definition) is 8. The SMILES string of the molecule is CN(C)c1nnc(Sc2ccc([N+](=O)[O-])cc2C#N)s1. The minimum absolute atomic E-state index is 0.0999. The molecule has 0 saturated carbocycles. The molecule has 2 rings (SSSR count). The first-order chi connectivity index (χ1) is 9.51. The highest BCUT2D eigenvalue weighted by molar-refractivity contribution is 8.01. The van der Waals surface area contributed by atoms with Gasteiger partial charge < -0.3 is 4.90 Å². The Bertz CT molecular complexity index is 692. The number of nitro benzene ring substituents is 1. The van der Waals surface area contributed by atoms with Crippen molar-refractivity contribution in [2.24, 2.45) is 0 Å². The molecule has 0 aliphatic carbocycles. The van der Waals surface area contributed by atoms with Crippen molar-refractivity contribution in [3.63, 3.8) is 0 Å². The van der Waals surface area contributed by atoms with Crippen LogP contribution < -0.4 is 4.90 Å². The quantitative estimate of drug-likeness (QED) is 0.632. The van der Waals surface area contributed by atoms with Crippen LogP contribution in [0.4, 0.5) is 10.8 Å². The maximum Gasteiger partial charge on any atom is 0.270 e. The number of benzene rings is 1. The topological polar surface area (TPSA) is 95.9 Å². The van der Waals surface area contributed by atoms with Crippen LogP contribution in [-0.2, 0) is 0 Å². The molecule has 1 aromatic carbocycles. The van der Waals surface area contributed by atoms with Crippen molar-refractivity contribution in [1.29, 1.82) is 5.26 Å². The standard InChI is InChI=1S/C11H9N5O2S2/c1-15(2)10-13-14-11(20-10)19-9-4-3-8(16(17)18)5-7(9)6-12/h3-5H,1-2H3. The Balaban J connectivity index is 2.29. The van der Waals surface area contributed by atoms with Gasteiger partial charge in [-0.3, -0.25) is 10.1 Å². The van der Waals surface area contributed by atoms with Crippen LogP contribution in [0.3, 0.4) is 0 Å². The van der Waals surface area contributed by atoms with Crippen molar-refractivity contribution in [2.45, 2.75) is 9.24 Å². The lowest BCUT2D eigenvalue weighted by Crippen LogP contribution is -2.07. The number of rotatable bonds is 4. The van der Waals surface area contributed by atoms with Gasteiger partial charge in [-0.1, -0.05) is 23.1 Å². The van der Waals surface area contributed by atoms with Gasteiger partial charge >= 0.3 is 0 Å². The Labute approximate surface area is 123 Å². The van der Waals surface area contributed by atoms with Gasteiger partial charge in [-0.25, -0.2) is 0 Å². The summed E-state index contributed by atoms with van der Waals surface area (Å²) in [6.45, 7) is 0. The molecule has 7 nitrogen and oxygen atoms in total. The van der Waals surface area contributed by atoms with E-state index in [0.717, 1.165) is 5.13 Å². The first-order valence-corrected chi connectivity index (χ1v) is 7.02. The van der Waals surface area contributed by atoms with Crippen LogP contribution in [0.2, 0.25) is 0 Å². The fraction of sp³-hybridized carbons (Fsp3) is 0.182. The Morgan fingerprint density at radius 1 is 1.45 bits per heavy atom. The maximum absolute atomic E-state index is 10.7. The summed E-state index contributed by atoms with van der Waals surface area (Å²) in [5, 5.41) is 28.5. The highest BCUT2D eigenvalue weighted by Crippen LogP contribution is 2.35. The number of aromatic nitrogens is 2. The van der Waals surface area contributed by atoms with Gasteiger partial charge in [0.05, 0.1) is 10.5 Å². The lowest BCUT2D eigenvalue weighted by molar-refractivity contribution is -0.384. The molecule has 1 aromatic heterocycles. The summed E-state index contributed by atoms with van der Waals surface area (Å²) in [6, 6.07) is 6.15. The summed E-state index contributed by atoms with van der Waals surface area (Å²) in [5.41, 5.74) is 0.156. The summed E-state index contributed by atoms with van der Waals surface area (Å²) >= 11 is 2.66. The second-order valence-electron chi connectivity index (χ2n) is 3.90. The monoisotopic (exact) mass is 307 g/mol. The van der Waals surface area contributed by atoms with Crippen molar-refractivity contribution >= 4 is 33.9 Å². The van der Waals surface area contributed by atoms with Gasteiger partial charge in [0.25, 0.3) is 5.69 Å². The highest BCUT2D eigenvalue weighted by atomic mass is 32.2. The zero-order valence-corrected chi connectivity index (χ0v) is 12.2. The second kappa shape index (κ2) is 5.85. The zero-order chi connectivity index (χ0) is 14.7. The van der Waals surface area contributed by atoms with Gasteiger partial charge in [0.1, 0.15) is 6.07 Å². The Morgan fingerprint density at radius 2 is 2.20 bits per heavy atom. The van der Waals surface area contributed by atoms with Crippen LogP contribution in [0.15, 0.2) is 27.4 Å². The zero-order valence-electron chi connectivity index (χ0n) is 10.6. The molecule has 0 bridgehead atoms. The number of nitriles is 1. The molecule has 9 heteroatoms. The third-order valence-corrected chi connectivity index (χ3v) is 4.49. The van der Waals surface area contributed by atoms with Crippen LogP contribution in [-0.4, -0.2) is 29.2 Å². The first kappa shape index (κ1) is 14.2.